The van der Waals surface area contributed by atoms with Crippen LogP contribution in [0.3, 0.4) is 0 Å². The molecular formula is C14H22N2O2. The number of rotatable bonds is 7. The maximum absolute atomic E-state index is 11.3. The van der Waals surface area contributed by atoms with Crippen molar-refractivity contribution in [3.05, 3.63) is 29.8 Å². The Labute approximate surface area is 109 Å². The minimum Gasteiger partial charge on any atom is -0.399 e. The molecule has 0 heterocycles. The number of carbonyl (C=O) groups is 1. The first-order valence-electron chi connectivity index (χ1n) is 6.30. The van der Waals surface area contributed by atoms with Crippen LogP contribution in [0.15, 0.2) is 24.3 Å². The van der Waals surface area contributed by atoms with Gasteiger partial charge in [0.05, 0.1) is 13.2 Å². The number of hydrogen-bond donors (Lipinski definition) is 2. The number of anilines is 1. The highest BCUT2D eigenvalue weighted by atomic mass is 16.5. The van der Waals surface area contributed by atoms with Crippen LogP contribution in [0.2, 0.25) is 0 Å². The lowest BCUT2D eigenvalue weighted by Crippen LogP contribution is -2.30. The molecule has 0 aliphatic carbocycles. The van der Waals surface area contributed by atoms with Gasteiger partial charge in [-0.3, -0.25) is 4.79 Å². The zero-order valence-electron chi connectivity index (χ0n) is 11.1. The minimum atomic E-state index is 0.0317. The third-order valence-corrected chi connectivity index (χ3v) is 2.49. The molecule has 0 bridgehead atoms. The Balaban J connectivity index is 2.12. The molecule has 0 aliphatic rings. The lowest BCUT2D eigenvalue weighted by atomic mass is 10.1. The molecule has 3 N–H and O–H groups in total. The molecule has 0 aromatic heterocycles. The summed E-state index contributed by atoms with van der Waals surface area (Å²) in [6, 6.07) is 7.93. The summed E-state index contributed by atoms with van der Waals surface area (Å²) in [5.41, 5.74) is 7.70. The van der Waals surface area contributed by atoms with E-state index < -0.39 is 0 Å². The number of benzene rings is 1. The average molecular weight is 250 g/mol. The van der Waals surface area contributed by atoms with E-state index in [9.17, 15) is 4.79 Å². The van der Waals surface area contributed by atoms with Crippen LogP contribution in [0.4, 0.5) is 5.69 Å². The molecule has 18 heavy (non-hydrogen) atoms. The van der Waals surface area contributed by atoms with Crippen LogP contribution in [0, 0.1) is 0 Å². The third kappa shape index (κ3) is 5.68. The molecular weight excluding hydrogens is 228 g/mol. The summed E-state index contributed by atoms with van der Waals surface area (Å²) in [7, 11) is 0. The molecule has 0 saturated heterocycles. The number of nitrogens with one attached hydrogen (secondary N) is 1. The van der Waals surface area contributed by atoms with Crippen LogP contribution in [0.25, 0.3) is 0 Å². The fourth-order valence-corrected chi connectivity index (χ4v) is 1.61. The number of nitrogen functional groups attached to an aromatic ring is 1. The lowest BCUT2D eigenvalue weighted by molar-refractivity contribution is -0.122. The minimum absolute atomic E-state index is 0.0317. The summed E-state index contributed by atoms with van der Waals surface area (Å²) in [5, 5.41) is 2.82. The molecule has 0 radical (unpaired) electrons. The van der Waals surface area contributed by atoms with Crippen LogP contribution >= 0.6 is 0 Å². The monoisotopic (exact) mass is 250 g/mol. The van der Waals surface area contributed by atoms with Crippen molar-refractivity contribution in [1.29, 1.82) is 0 Å². The van der Waals surface area contributed by atoms with E-state index >= 15 is 0 Å². The number of hydrogen-bond acceptors (Lipinski definition) is 3. The molecule has 1 amide bonds. The summed E-state index contributed by atoms with van der Waals surface area (Å²) in [4.78, 5) is 11.3. The van der Waals surface area contributed by atoms with E-state index in [-0.39, 0.29) is 11.9 Å². The summed E-state index contributed by atoms with van der Waals surface area (Å²) in [6.07, 6.45) is 1.18. The van der Waals surface area contributed by atoms with Crippen molar-refractivity contribution in [3.8, 4) is 0 Å². The fraction of sp³-hybridized carbons (Fsp3) is 0.500. The Bertz CT molecular complexity index is 378. The van der Waals surface area contributed by atoms with Crippen molar-refractivity contribution in [1.82, 2.24) is 5.32 Å². The van der Waals surface area contributed by atoms with Crippen molar-refractivity contribution < 1.29 is 9.53 Å². The molecule has 0 fully saturated rings. The highest BCUT2D eigenvalue weighted by Gasteiger charge is 2.03. The number of para-hydroxylation sites is 1. The van der Waals surface area contributed by atoms with Crippen LogP contribution in [-0.2, 0) is 16.0 Å². The average Bonchev–Trinajstić information content (AvgIpc) is 2.30. The van der Waals surface area contributed by atoms with Crippen molar-refractivity contribution in [3.63, 3.8) is 0 Å². The van der Waals surface area contributed by atoms with Gasteiger partial charge in [0.25, 0.3) is 0 Å². The van der Waals surface area contributed by atoms with Crippen LogP contribution in [0.1, 0.15) is 25.8 Å². The Morgan fingerprint density at radius 2 is 2.06 bits per heavy atom. The maximum atomic E-state index is 11.3. The molecule has 1 aromatic rings. The zero-order chi connectivity index (χ0) is 13.4. The SMILES string of the molecule is CC(C)NC(=O)CCOCCc1ccccc1N. The standard InChI is InChI=1S/C14H22N2O2/c1-11(2)16-14(17)8-10-18-9-7-12-5-3-4-6-13(12)15/h3-6,11H,7-10,15H2,1-2H3,(H,16,17). The Morgan fingerprint density at radius 1 is 1.33 bits per heavy atom. The molecule has 1 aromatic carbocycles. The topological polar surface area (TPSA) is 64.3 Å². The van der Waals surface area contributed by atoms with Gasteiger partial charge in [0.15, 0.2) is 0 Å². The van der Waals surface area contributed by atoms with Gasteiger partial charge in [0.1, 0.15) is 0 Å². The number of nitrogens with two attached hydrogens (primary N) is 1. The molecule has 0 unspecified atom stereocenters. The highest BCUT2D eigenvalue weighted by Crippen LogP contribution is 2.10. The van der Waals surface area contributed by atoms with Gasteiger partial charge in [0, 0.05) is 18.2 Å². The fourth-order valence-electron chi connectivity index (χ4n) is 1.61. The Kier molecular flexibility index (Phi) is 6.22. The summed E-state index contributed by atoms with van der Waals surface area (Å²) in [5.74, 6) is 0.0317. The van der Waals surface area contributed by atoms with Crippen LogP contribution in [-0.4, -0.2) is 25.2 Å². The summed E-state index contributed by atoms with van der Waals surface area (Å²) < 4.78 is 5.43. The largest absolute Gasteiger partial charge is 0.399 e. The Hall–Kier alpha value is -1.55. The molecule has 0 spiro atoms. The number of amides is 1. The first-order valence-corrected chi connectivity index (χ1v) is 6.30. The third-order valence-electron chi connectivity index (χ3n) is 2.49. The van der Waals surface area contributed by atoms with Gasteiger partial charge in [-0.1, -0.05) is 18.2 Å². The van der Waals surface area contributed by atoms with Crippen molar-refractivity contribution in [2.45, 2.75) is 32.7 Å². The normalized spacial score (nSPS) is 10.6. The van der Waals surface area contributed by atoms with E-state index in [4.69, 9.17) is 10.5 Å². The summed E-state index contributed by atoms with van der Waals surface area (Å²) >= 11 is 0. The smallest absolute Gasteiger partial charge is 0.222 e. The van der Waals surface area contributed by atoms with Gasteiger partial charge in [-0.2, -0.15) is 0 Å². The van der Waals surface area contributed by atoms with Crippen molar-refractivity contribution >= 4 is 11.6 Å². The molecule has 4 nitrogen and oxygen atoms in total. The van der Waals surface area contributed by atoms with Gasteiger partial charge in [0.2, 0.25) is 5.91 Å². The van der Waals surface area contributed by atoms with E-state index in [0.717, 1.165) is 17.7 Å². The molecule has 0 saturated carbocycles. The second kappa shape index (κ2) is 7.71. The Morgan fingerprint density at radius 3 is 2.72 bits per heavy atom. The van der Waals surface area contributed by atoms with Gasteiger partial charge in [-0.25, -0.2) is 0 Å². The number of ether oxygens (including phenoxy) is 1. The maximum Gasteiger partial charge on any atom is 0.222 e. The van der Waals surface area contributed by atoms with E-state index in [0.29, 0.717) is 19.6 Å². The molecule has 0 aliphatic heterocycles. The molecule has 0 atom stereocenters. The molecule has 100 valence electrons. The highest BCUT2D eigenvalue weighted by molar-refractivity contribution is 5.76. The van der Waals surface area contributed by atoms with E-state index in [1.807, 2.05) is 38.1 Å². The molecule has 1 rings (SSSR count). The summed E-state index contributed by atoms with van der Waals surface area (Å²) in [6.45, 7) is 4.92. The van der Waals surface area contributed by atoms with Crippen LogP contribution in [0.5, 0.6) is 0 Å². The lowest BCUT2D eigenvalue weighted by Gasteiger charge is -2.09. The van der Waals surface area contributed by atoms with E-state index in [1.54, 1.807) is 0 Å². The van der Waals surface area contributed by atoms with Gasteiger partial charge < -0.3 is 15.8 Å². The second-order valence-corrected chi connectivity index (χ2v) is 4.53. The van der Waals surface area contributed by atoms with Crippen LogP contribution < -0.4 is 11.1 Å². The zero-order valence-corrected chi connectivity index (χ0v) is 11.1. The first kappa shape index (κ1) is 14.5. The molecule has 4 heteroatoms. The van der Waals surface area contributed by atoms with Crippen molar-refractivity contribution in [2.24, 2.45) is 0 Å². The second-order valence-electron chi connectivity index (χ2n) is 4.53. The predicted octanol–water partition coefficient (Wildman–Crippen LogP) is 1.74. The first-order chi connectivity index (χ1) is 8.59. The predicted molar refractivity (Wildman–Crippen MR) is 73.3 cm³/mol. The van der Waals surface area contributed by atoms with E-state index in [1.165, 1.54) is 0 Å². The van der Waals surface area contributed by atoms with Gasteiger partial charge in [-0.05, 0) is 31.9 Å². The van der Waals surface area contributed by atoms with Crippen molar-refractivity contribution in [2.75, 3.05) is 18.9 Å². The van der Waals surface area contributed by atoms with E-state index in [2.05, 4.69) is 5.32 Å². The van der Waals surface area contributed by atoms with Gasteiger partial charge >= 0.3 is 0 Å². The quantitative estimate of drug-likeness (QED) is 0.572. The number of carbonyl (C=O) groups excluding carboxylic acids is 1. The van der Waals surface area contributed by atoms with Gasteiger partial charge in [-0.15, -0.1) is 0 Å².